The van der Waals surface area contributed by atoms with Crippen LogP contribution in [0.5, 0.6) is 0 Å². The first-order valence-corrected chi connectivity index (χ1v) is 7.58. The molecule has 5 nitrogen and oxygen atoms in total. The fourth-order valence-electron chi connectivity index (χ4n) is 1.50. The summed E-state index contributed by atoms with van der Waals surface area (Å²) in [4.78, 5) is 25.9. The van der Waals surface area contributed by atoms with Gasteiger partial charge in [0.2, 0.25) is 11.8 Å². The maximum Gasteiger partial charge on any atom is 0.239 e. The monoisotopic (exact) mass is 347 g/mol. The van der Waals surface area contributed by atoms with E-state index in [0.29, 0.717) is 13.1 Å². The molecule has 19 heavy (non-hydrogen) atoms. The number of carbonyl (C=O) groups excluding carboxylic acids is 2. The zero-order valence-electron chi connectivity index (χ0n) is 11.0. The van der Waals surface area contributed by atoms with E-state index in [1.165, 1.54) is 4.88 Å². The Balaban J connectivity index is 2.26. The van der Waals surface area contributed by atoms with Gasteiger partial charge in [0, 0.05) is 18.0 Å². The molecule has 2 N–H and O–H groups in total. The van der Waals surface area contributed by atoms with E-state index in [1.54, 1.807) is 11.3 Å². The van der Waals surface area contributed by atoms with Gasteiger partial charge in [0.1, 0.15) is 0 Å². The van der Waals surface area contributed by atoms with E-state index in [2.05, 4.69) is 26.6 Å². The summed E-state index contributed by atoms with van der Waals surface area (Å²) in [5.74, 6) is -0.315. The highest BCUT2D eigenvalue weighted by Gasteiger charge is 2.09. The maximum absolute atomic E-state index is 11.6. The van der Waals surface area contributed by atoms with Crippen molar-refractivity contribution in [2.45, 2.75) is 13.5 Å². The lowest BCUT2D eigenvalue weighted by molar-refractivity contribution is -0.126. The maximum atomic E-state index is 11.6. The van der Waals surface area contributed by atoms with Gasteiger partial charge in [-0.15, -0.1) is 11.3 Å². The van der Waals surface area contributed by atoms with Crippen LogP contribution in [0.15, 0.2) is 15.9 Å². The molecular weight excluding hydrogens is 330 g/mol. The normalized spacial score (nSPS) is 10.5. The Morgan fingerprint density at radius 3 is 2.63 bits per heavy atom. The van der Waals surface area contributed by atoms with Crippen LogP contribution in [0, 0.1) is 0 Å². The average molecular weight is 348 g/mol. The third-order valence-corrected chi connectivity index (χ3v) is 3.90. The van der Waals surface area contributed by atoms with Crippen LogP contribution in [0.4, 0.5) is 0 Å². The molecular formula is C12H18BrN3O2S. The number of halogens is 1. The van der Waals surface area contributed by atoms with E-state index in [-0.39, 0.29) is 24.9 Å². The number of amides is 2. The minimum atomic E-state index is -0.166. The third kappa shape index (κ3) is 6.70. The van der Waals surface area contributed by atoms with Gasteiger partial charge in [-0.1, -0.05) is 0 Å². The van der Waals surface area contributed by atoms with Gasteiger partial charge < -0.3 is 10.6 Å². The molecule has 7 heteroatoms. The number of likely N-dealkylation sites (N-methyl/N-ethyl adjacent to an activating group) is 2. The summed E-state index contributed by atoms with van der Waals surface area (Å²) in [6, 6.07) is 4.01. The molecule has 1 aromatic heterocycles. The van der Waals surface area contributed by atoms with Crippen molar-refractivity contribution in [3.8, 4) is 0 Å². The number of thiophene rings is 1. The van der Waals surface area contributed by atoms with Crippen LogP contribution in [0.2, 0.25) is 0 Å². The number of rotatable bonds is 7. The van der Waals surface area contributed by atoms with Crippen molar-refractivity contribution >= 4 is 39.1 Å². The van der Waals surface area contributed by atoms with Crippen LogP contribution in [0.25, 0.3) is 0 Å². The SMILES string of the molecule is CCNC(=O)CNC(=O)CN(C)Cc1ccc(Br)s1. The van der Waals surface area contributed by atoms with Crippen LogP contribution in [-0.4, -0.2) is 43.4 Å². The highest BCUT2D eigenvalue weighted by Crippen LogP contribution is 2.22. The Morgan fingerprint density at radius 2 is 2.05 bits per heavy atom. The zero-order valence-corrected chi connectivity index (χ0v) is 13.4. The summed E-state index contributed by atoms with van der Waals surface area (Å²) in [6.07, 6.45) is 0. The van der Waals surface area contributed by atoms with E-state index in [4.69, 9.17) is 0 Å². The molecule has 0 aliphatic carbocycles. The van der Waals surface area contributed by atoms with E-state index in [9.17, 15) is 9.59 Å². The predicted molar refractivity (Wildman–Crippen MR) is 80.0 cm³/mol. The summed E-state index contributed by atoms with van der Waals surface area (Å²) in [5, 5.41) is 5.22. The Morgan fingerprint density at radius 1 is 1.32 bits per heavy atom. The lowest BCUT2D eigenvalue weighted by atomic mass is 10.4. The van der Waals surface area contributed by atoms with Crippen molar-refractivity contribution in [3.05, 3.63) is 20.8 Å². The summed E-state index contributed by atoms with van der Waals surface area (Å²) in [6.45, 7) is 3.43. The topological polar surface area (TPSA) is 61.4 Å². The second-order valence-corrected chi connectivity index (χ2v) is 6.66. The molecule has 0 aliphatic heterocycles. The molecule has 1 aromatic rings. The van der Waals surface area contributed by atoms with Crippen molar-refractivity contribution in [1.29, 1.82) is 0 Å². The summed E-state index contributed by atoms with van der Waals surface area (Å²) >= 11 is 5.05. The first kappa shape index (κ1) is 16.1. The van der Waals surface area contributed by atoms with Crippen molar-refractivity contribution in [1.82, 2.24) is 15.5 Å². The molecule has 0 atom stereocenters. The number of nitrogens with zero attached hydrogens (tertiary/aromatic N) is 1. The summed E-state index contributed by atoms with van der Waals surface area (Å²) < 4.78 is 1.08. The molecule has 1 rings (SSSR count). The fourth-order valence-corrected chi connectivity index (χ4v) is 3.06. The number of nitrogens with one attached hydrogen (secondary N) is 2. The minimum absolute atomic E-state index is 0.0328. The van der Waals surface area contributed by atoms with Crippen LogP contribution < -0.4 is 10.6 Å². The molecule has 0 unspecified atom stereocenters. The highest BCUT2D eigenvalue weighted by atomic mass is 79.9. The third-order valence-electron chi connectivity index (χ3n) is 2.29. The first-order chi connectivity index (χ1) is 9.01. The lowest BCUT2D eigenvalue weighted by Crippen LogP contribution is -2.40. The minimum Gasteiger partial charge on any atom is -0.355 e. The second-order valence-electron chi connectivity index (χ2n) is 4.11. The van der Waals surface area contributed by atoms with E-state index in [1.807, 2.05) is 31.0 Å². The molecule has 0 saturated carbocycles. The largest absolute Gasteiger partial charge is 0.355 e. The van der Waals surface area contributed by atoms with Gasteiger partial charge in [0.15, 0.2) is 0 Å². The van der Waals surface area contributed by atoms with E-state index < -0.39 is 0 Å². The molecule has 0 spiro atoms. The van der Waals surface area contributed by atoms with Crippen LogP contribution >= 0.6 is 27.3 Å². The van der Waals surface area contributed by atoms with Crippen LogP contribution in [0.3, 0.4) is 0 Å². The first-order valence-electron chi connectivity index (χ1n) is 5.97. The van der Waals surface area contributed by atoms with Gasteiger partial charge in [-0.3, -0.25) is 14.5 Å². The van der Waals surface area contributed by atoms with Crippen LogP contribution in [0.1, 0.15) is 11.8 Å². The second kappa shape index (κ2) is 8.29. The molecule has 1 heterocycles. The zero-order chi connectivity index (χ0) is 14.3. The Labute approximate surface area is 125 Å². The molecule has 0 fully saturated rings. The quantitative estimate of drug-likeness (QED) is 0.778. The van der Waals surface area contributed by atoms with Gasteiger partial charge >= 0.3 is 0 Å². The molecule has 0 aromatic carbocycles. The Kier molecular flexibility index (Phi) is 7.04. The molecule has 0 bridgehead atoms. The molecule has 0 saturated heterocycles. The molecule has 0 aliphatic rings. The summed E-state index contributed by atoms with van der Waals surface area (Å²) in [5.41, 5.74) is 0. The number of carbonyl (C=O) groups is 2. The van der Waals surface area contributed by atoms with Crippen LogP contribution in [-0.2, 0) is 16.1 Å². The number of hydrogen-bond acceptors (Lipinski definition) is 4. The molecule has 2 amide bonds. The van der Waals surface area contributed by atoms with Crippen molar-refractivity contribution in [2.75, 3.05) is 26.7 Å². The van der Waals surface area contributed by atoms with Gasteiger partial charge in [-0.2, -0.15) is 0 Å². The molecule has 106 valence electrons. The van der Waals surface area contributed by atoms with E-state index in [0.717, 1.165) is 3.79 Å². The number of hydrogen-bond donors (Lipinski definition) is 2. The van der Waals surface area contributed by atoms with Crippen molar-refractivity contribution in [2.24, 2.45) is 0 Å². The Hall–Kier alpha value is -0.920. The standard InChI is InChI=1S/C12H18BrN3O2S/c1-3-14-11(17)6-15-12(18)8-16(2)7-9-4-5-10(13)19-9/h4-5H,3,6-8H2,1-2H3,(H,14,17)(H,15,18). The predicted octanol–water partition coefficient (Wildman–Crippen LogP) is 1.19. The lowest BCUT2D eigenvalue weighted by Gasteiger charge is -2.15. The molecule has 0 radical (unpaired) electrons. The van der Waals surface area contributed by atoms with E-state index >= 15 is 0 Å². The van der Waals surface area contributed by atoms with Gasteiger partial charge in [-0.05, 0) is 42.0 Å². The van der Waals surface area contributed by atoms with Crippen molar-refractivity contribution in [3.63, 3.8) is 0 Å². The summed E-state index contributed by atoms with van der Waals surface area (Å²) in [7, 11) is 1.87. The van der Waals surface area contributed by atoms with Gasteiger partial charge in [-0.25, -0.2) is 0 Å². The smallest absolute Gasteiger partial charge is 0.239 e. The van der Waals surface area contributed by atoms with Crippen molar-refractivity contribution < 1.29 is 9.59 Å². The average Bonchev–Trinajstić information content (AvgIpc) is 2.72. The Bertz CT molecular complexity index is 436. The fraction of sp³-hybridized carbons (Fsp3) is 0.500. The van der Waals surface area contributed by atoms with Gasteiger partial charge in [0.05, 0.1) is 16.9 Å². The van der Waals surface area contributed by atoms with Gasteiger partial charge in [0.25, 0.3) is 0 Å². The highest BCUT2D eigenvalue weighted by molar-refractivity contribution is 9.11.